The molecule has 0 aliphatic carbocycles. The quantitative estimate of drug-likeness (QED) is 0.602. The second-order valence-corrected chi connectivity index (χ2v) is 6.69. The van der Waals surface area contributed by atoms with Gasteiger partial charge in [-0.3, -0.25) is 9.22 Å². The van der Waals surface area contributed by atoms with Crippen molar-refractivity contribution in [2.75, 3.05) is 40.0 Å². The number of hydrogen-bond acceptors (Lipinski definition) is 3. The SMILES string of the molecule is C[O+]=Cc1cccc(-c2c(C)cc(OCC(=O)N3CCOCC3)cc2C)c1. The average Bonchev–Trinajstić information content (AvgIpc) is 2.67. The lowest BCUT2D eigenvalue weighted by atomic mass is 9.94. The van der Waals surface area contributed by atoms with E-state index in [0.29, 0.717) is 26.3 Å². The lowest BCUT2D eigenvalue weighted by molar-refractivity contribution is -0.217. The minimum Gasteiger partial charge on any atom is -0.484 e. The normalized spacial score (nSPS) is 14.6. The maximum absolute atomic E-state index is 12.3. The molecule has 1 aliphatic rings. The van der Waals surface area contributed by atoms with E-state index in [2.05, 4.69) is 26.0 Å². The van der Waals surface area contributed by atoms with E-state index in [4.69, 9.17) is 13.9 Å². The van der Waals surface area contributed by atoms with Crippen LogP contribution in [0.4, 0.5) is 0 Å². The Morgan fingerprint density at radius 1 is 1.19 bits per heavy atom. The summed E-state index contributed by atoms with van der Waals surface area (Å²) in [5, 5.41) is 0. The van der Waals surface area contributed by atoms with E-state index in [1.165, 1.54) is 5.56 Å². The molecule has 5 heteroatoms. The Kier molecular flexibility index (Phi) is 6.24. The number of rotatable bonds is 5. The molecule has 1 saturated heterocycles. The summed E-state index contributed by atoms with van der Waals surface area (Å²) in [4.78, 5) is 14.0. The number of carbonyl (C=O) groups excluding carboxylic acids is 2. The van der Waals surface area contributed by atoms with Crippen LogP contribution in [-0.2, 0) is 9.53 Å². The zero-order valence-corrected chi connectivity index (χ0v) is 16.2. The van der Waals surface area contributed by atoms with Crippen LogP contribution in [0.5, 0.6) is 5.75 Å². The average molecular weight is 368 g/mol. The van der Waals surface area contributed by atoms with Crippen molar-refractivity contribution < 1.29 is 18.7 Å². The Bertz CT molecular complexity index is 815. The Labute approximate surface area is 160 Å². The molecule has 1 amide bonds. The van der Waals surface area contributed by atoms with Crippen molar-refractivity contribution in [1.82, 2.24) is 4.90 Å². The highest BCUT2D eigenvalue weighted by atomic mass is 16.5. The second kappa shape index (κ2) is 8.82. The largest absolute Gasteiger partial charge is 0.484 e. The van der Waals surface area contributed by atoms with Crippen LogP contribution in [0.25, 0.3) is 11.1 Å². The van der Waals surface area contributed by atoms with Crippen LogP contribution < -0.4 is 4.74 Å². The predicted molar refractivity (Wildman–Crippen MR) is 106 cm³/mol. The third kappa shape index (κ3) is 4.74. The van der Waals surface area contributed by atoms with Gasteiger partial charge in [0.2, 0.25) is 0 Å². The molecule has 1 fully saturated rings. The fourth-order valence-corrected chi connectivity index (χ4v) is 3.42. The third-order valence-corrected chi connectivity index (χ3v) is 4.66. The smallest absolute Gasteiger partial charge is 0.315 e. The van der Waals surface area contributed by atoms with E-state index in [1.807, 2.05) is 24.3 Å². The Morgan fingerprint density at radius 2 is 1.89 bits per heavy atom. The first-order chi connectivity index (χ1) is 13.1. The van der Waals surface area contributed by atoms with E-state index >= 15 is 0 Å². The number of aldehydes is 1. The van der Waals surface area contributed by atoms with Crippen LogP contribution in [0.3, 0.4) is 0 Å². The van der Waals surface area contributed by atoms with Crippen LogP contribution >= 0.6 is 0 Å². The van der Waals surface area contributed by atoms with Gasteiger partial charge in [0.1, 0.15) is 5.75 Å². The zero-order valence-electron chi connectivity index (χ0n) is 16.2. The van der Waals surface area contributed by atoms with E-state index in [-0.39, 0.29) is 12.5 Å². The predicted octanol–water partition coefficient (Wildman–Crippen LogP) is 3.19. The Hall–Kier alpha value is -2.66. The zero-order chi connectivity index (χ0) is 19.2. The number of amides is 1. The van der Waals surface area contributed by atoms with Crippen molar-refractivity contribution in [2.24, 2.45) is 0 Å². The van der Waals surface area contributed by atoms with E-state index < -0.39 is 0 Å². The van der Waals surface area contributed by atoms with Gasteiger partial charge in [0.05, 0.1) is 18.8 Å². The van der Waals surface area contributed by atoms with Crippen molar-refractivity contribution in [1.29, 1.82) is 0 Å². The van der Waals surface area contributed by atoms with Gasteiger partial charge < -0.3 is 14.4 Å². The maximum atomic E-state index is 12.3. The van der Waals surface area contributed by atoms with Gasteiger partial charge in [-0.1, -0.05) is 12.1 Å². The summed E-state index contributed by atoms with van der Waals surface area (Å²) in [5.41, 5.74) is 5.54. The van der Waals surface area contributed by atoms with Gasteiger partial charge in [-0.15, -0.1) is 0 Å². The molecule has 0 bridgehead atoms. The van der Waals surface area contributed by atoms with E-state index in [0.717, 1.165) is 28.0 Å². The number of aryl methyl sites for hydroxylation is 2. The van der Waals surface area contributed by atoms with Gasteiger partial charge in [-0.2, -0.15) is 0 Å². The first-order valence-corrected chi connectivity index (χ1v) is 9.14. The van der Waals surface area contributed by atoms with Crippen molar-refractivity contribution in [2.45, 2.75) is 13.8 Å². The minimum atomic E-state index is 0.000451. The van der Waals surface area contributed by atoms with Crippen LogP contribution in [0.15, 0.2) is 36.4 Å². The highest BCUT2D eigenvalue weighted by Crippen LogP contribution is 2.31. The van der Waals surface area contributed by atoms with Crippen molar-refractivity contribution >= 4 is 12.2 Å². The maximum Gasteiger partial charge on any atom is 0.315 e. The summed E-state index contributed by atoms with van der Waals surface area (Å²) < 4.78 is 16.2. The molecule has 1 aliphatic heterocycles. The lowest BCUT2D eigenvalue weighted by Crippen LogP contribution is -2.42. The van der Waals surface area contributed by atoms with Gasteiger partial charge in [-0.25, -0.2) is 0 Å². The molecule has 0 saturated carbocycles. The molecular weight excluding hydrogens is 342 g/mol. The van der Waals surface area contributed by atoms with Gasteiger partial charge in [0.25, 0.3) is 13.0 Å². The summed E-state index contributed by atoms with van der Waals surface area (Å²) in [7, 11) is 1.65. The summed E-state index contributed by atoms with van der Waals surface area (Å²) in [6, 6.07) is 12.2. The first kappa shape index (κ1) is 19.1. The topological polar surface area (TPSA) is 50.1 Å². The van der Waals surface area contributed by atoms with Crippen LogP contribution in [0, 0.1) is 13.8 Å². The molecule has 0 aromatic heterocycles. The standard InChI is InChI=1S/C22H26NO4/c1-16-11-20(27-15-21(24)23-7-9-26-10-8-23)12-17(2)22(16)19-6-4-5-18(13-19)14-25-3/h4-6,11-14H,7-10,15H2,1-3H3/q+1. The first-order valence-electron chi connectivity index (χ1n) is 9.14. The van der Waals surface area contributed by atoms with Gasteiger partial charge in [0.15, 0.2) is 6.61 Å². The third-order valence-electron chi connectivity index (χ3n) is 4.66. The van der Waals surface area contributed by atoms with Gasteiger partial charge in [-0.05, 0) is 60.4 Å². The number of hydrogen-bond donors (Lipinski definition) is 0. The summed E-state index contributed by atoms with van der Waals surface area (Å²) in [5.74, 6) is 0.718. The van der Waals surface area contributed by atoms with Crippen LogP contribution in [-0.4, -0.2) is 57.1 Å². The van der Waals surface area contributed by atoms with Gasteiger partial charge >= 0.3 is 6.29 Å². The highest BCUT2D eigenvalue weighted by Gasteiger charge is 2.17. The van der Waals surface area contributed by atoms with E-state index in [9.17, 15) is 4.79 Å². The molecule has 5 nitrogen and oxygen atoms in total. The molecule has 27 heavy (non-hydrogen) atoms. The molecular formula is C22H26NO4+. The molecule has 0 spiro atoms. The minimum absolute atomic E-state index is 0.000451. The molecule has 2 aromatic carbocycles. The van der Waals surface area contributed by atoms with Crippen molar-refractivity contribution in [3.8, 4) is 16.9 Å². The molecule has 0 N–H and O–H groups in total. The fraction of sp³-hybridized carbons (Fsp3) is 0.364. The van der Waals surface area contributed by atoms with E-state index in [1.54, 1.807) is 18.3 Å². The molecule has 1 heterocycles. The molecule has 142 valence electrons. The highest BCUT2D eigenvalue weighted by molar-refractivity contribution is 5.81. The van der Waals surface area contributed by atoms with Crippen molar-refractivity contribution in [3.63, 3.8) is 0 Å². The number of benzene rings is 2. The summed E-state index contributed by atoms with van der Waals surface area (Å²) in [6.07, 6.45) is 1.73. The molecule has 0 unspecified atom stereocenters. The molecule has 2 aromatic rings. The fourth-order valence-electron chi connectivity index (χ4n) is 3.42. The number of morpholine rings is 1. The van der Waals surface area contributed by atoms with Crippen molar-refractivity contribution in [3.05, 3.63) is 53.1 Å². The number of nitrogens with zero attached hydrogens (tertiary/aromatic N) is 1. The Morgan fingerprint density at radius 3 is 2.56 bits per heavy atom. The monoisotopic (exact) mass is 368 g/mol. The van der Waals surface area contributed by atoms with Gasteiger partial charge in [0, 0.05) is 13.1 Å². The molecule has 0 radical (unpaired) electrons. The Balaban J connectivity index is 1.74. The summed E-state index contributed by atoms with van der Waals surface area (Å²) in [6.45, 7) is 6.63. The van der Waals surface area contributed by atoms with Crippen LogP contribution in [0.1, 0.15) is 21.1 Å². The summed E-state index contributed by atoms with van der Waals surface area (Å²) >= 11 is 0. The number of carbonyl (C=O) groups is 1. The number of ether oxygens (including phenoxy) is 2. The van der Waals surface area contributed by atoms with Crippen LogP contribution in [0.2, 0.25) is 0 Å². The molecule has 3 rings (SSSR count). The second-order valence-electron chi connectivity index (χ2n) is 6.69. The molecule has 0 atom stereocenters. The lowest BCUT2D eigenvalue weighted by Gasteiger charge is -2.26.